The predicted octanol–water partition coefficient (Wildman–Crippen LogP) is 13.0. The molecule has 0 N–H and O–H groups in total. The molecule has 56 heavy (non-hydrogen) atoms. The van der Waals surface area contributed by atoms with Crippen LogP contribution in [0.5, 0.6) is 0 Å². The van der Waals surface area contributed by atoms with E-state index in [1.807, 2.05) is 11.8 Å². The second kappa shape index (κ2) is 12.0. The standard InChI is InChI=1S/C51H32N4S/c1-3-17-33(18-4-1)48-35-21-7-12-26-41(35)52-50(53-48)55-42-27-13-8-22-36(42)47-45(55)32-31-40-49(47)56-46-30-16-11-25-39(46)51(40)37-23-9-14-28-43(37)54(34-19-5-2-6-20-34)44-29-15-10-24-38(44)51/h1-32H. The fourth-order valence-electron chi connectivity index (χ4n) is 9.43. The summed E-state index contributed by atoms with van der Waals surface area (Å²) in [6.45, 7) is 0. The summed E-state index contributed by atoms with van der Waals surface area (Å²) < 4.78 is 2.28. The molecule has 2 aliphatic heterocycles. The first-order valence-corrected chi connectivity index (χ1v) is 19.8. The Bertz CT molecular complexity index is 3140. The lowest BCUT2D eigenvalue weighted by molar-refractivity contribution is 0.695. The van der Waals surface area contributed by atoms with E-state index >= 15 is 0 Å². The van der Waals surface area contributed by atoms with Crippen molar-refractivity contribution >= 4 is 61.5 Å². The lowest BCUT2D eigenvalue weighted by Crippen LogP contribution is -2.39. The maximum Gasteiger partial charge on any atom is 0.235 e. The van der Waals surface area contributed by atoms with Gasteiger partial charge in [0, 0.05) is 37.2 Å². The van der Waals surface area contributed by atoms with Crippen LogP contribution >= 0.6 is 11.8 Å². The number of rotatable bonds is 3. The van der Waals surface area contributed by atoms with Crippen LogP contribution in [0.2, 0.25) is 0 Å². The van der Waals surface area contributed by atoms with E-state index in [0.717, 1.165) is 38.9 Å². The minimum Gasteiger partial charge on any atom is -0.310 e. The predicted molar refractivity (Wildman–Crippen MR) is 230 cm³/mol. The number of aromatic nitrogens is 3. The van der Waals surface area contributed by atoms with Gasteiger partial charge < -0.3 is 4.90 Å². The van der Waals surface area contributed by atoms with E-state index in [4.69, 9.17) is 9.97 Å². The SMILES string of the molecule is c1ccc(-c2nc(-n3c4ccccc4c4c5c(ccc43)C3(c4ccccc4S5)c4ccccc4N(c4ccccc4)c4ccccc43)nc3ccccc23)cc1. The number of para-hydroxylation sites is 5. The molecule has 0 radical (unpaired) electrons. The van der Waals surface area contributed by atoms with Crippen LogP contribution in [0.4, 0.5) is 17.1 Å². The fraction of sp³-hybridized carbons (Fsp3) is 0.0196. The van der Waals surface area contributed by atoms with Gasteiger partial charge in [-0.1, -0.05) is 157 Å². The van der Waals surface area contributed by atoms with Gasteiger partial charge >= 0.3 is 0 Å². The highest BCUT2D eigenvalue weighted by Gasteiger charge is 2.50. The van der Waals surface area contributed by atoms with Crippen molar-refractivity contribution in [3.05, 3.63) is 216 Å². The van der Waals surface area contributed by atoms with E-state index in [1.165, 1.54) is 54.2 Å². The van der Waals surface area contributed by atoms with Gasteiger partial charge in [-0.2, -0.15) is 0 Å². The molecule has 0 fully saturated rings. The van der Waals surface area contributed by atoms with Crippen LogP contribution in [0.1, 0.15) is 22.3 Å². The molecule has 0 bridgehead atoms. The van der Waals surface area contributed by atoms with Crippen LogP contribution in [0, 0.1) is 0 Å². The van der Waals surface area contributed by atoms with Gasteiger partial charge in [-0.3, -0.25) is 4.57 Å². The monoisotopic (exact) mass is 732 g/mol. The quantitative estimate of drug-likeness (QED) is 0.181. The first-order chi connectivity index (χ1) is 27.8. The summed E-state index contributed by atoms with van der Waals surface area (Å²) in [6, 6.07) is 70.1. The normalized spacial score (nSPS) is 13.8. The molecule has 2 aliphatic rings. The molecule has 1 spiro atoms. The van der Waals surface area contributed by atoms with Crippen LogP contribution < -0.4 is 4.90 Å². The third-order valence-electron chi connectivity index (χ3n) is 11.6. The smallest absolute Gasteiger partial charge is 0.235 e. The Balaban J connectivity index is 1.20. The van der Waals surface area contributed by atoms with Crippen molar-refractivity contribution in [3.63, 3.8) is 0 Å². The molecule has 8 aromatic carbocycles. The van der Waals surface area contributed by atoms with E-state index < -0.39 is 5.41 Å². The Morgan fingerprint density at radius 3 is 1.82 bits per heavy atom. The zero-order valence-electron chi connectivity index (χ0n) is 30.2. The van der Waals surface area contributed by atoms with Gasteiger partial charge in [0.25, 0.3) is 0 Å². The van der Waals surface area contributed by atoms with Crippen molar-refractivity contribution < 1.29 is 0 Å². The number of hydrogen-bond acceptors (Lipinski definition) is 4. The Morgan fingerprint density at radius 2 is 1.05 bits per heavy atom. The highest BCUT2D eigenvalue weighted by molar-refractivity contribution is 7.99. The average Bonchev–Trinajstić information content (AvgIpc) is 3.61. The molecule has 0 atom stereocenters. The maximum atomic E-state index is 5.38. The molecule has 12 rings (SSSR count). The highest BCUT2D eigenvalue weighted by Crippen LogP contribution is 2.64. The van der Waals surface area contributed by atoms with Crippen LogP contribution in [0.3, 0.4) is 0 Å². The van der Waals surface area contributed by atoms with Crippen LogP contribution in [-0.2, 0) is 5.41 Å². The van der Waals surface area contributed by atoms with E-state index in [0.29, 0.717) is 5.95 Å². The van der Waals surface area contributed by atoms with Crippen molar-refractivity contribution in [1.29, 1.82) is 0 Å². The summed E-state index contributed by atoms with van der Waals surface area (Å²) in [7, 11) is 0. The number of anilines is 3. The maximum absolute atomic E-state index is 5.38. The van der Waals surface area contributed by atoms with Gasteiger partial charge in [0.1, 0.15) is 0 Å². The third kappa shape index (κ3) is 4.26. The van der Waals surface area contributed by atoms with Crippen molar-refractivity contribution in [2.75, 3.05) is 4.90 Å². The van der Waals surface area contributed by atoms with E-state index in [1.54, 1.807) is 0 Å². The fourth-order valence-corrected chi connectivity index (χ4v) is 10.8. The number of nitrogens with zero attached hydrogens (tertiary/aromatic N) is 4. The van der Waals surface area contributed by atoms with E-state index in [9.17, 15) is 0 Å². The summed E-state index contributed by atoms with van der Waals surface area (Å²) in [4.78, 5) is 15.6. The number of benzene rings is 8. The highest BCUT2D eigenvalue weighted by atomic mass is 32.2. The molecule has 0 amide bonds. The van der Waals surface area contributed by atoms with E-state index in [2.05, 4.69) is 204 Å². The summed E-state index contributed by atoms with van der Waals surface area (Å²) in [5.41, 5.74) is 13.1. The summed E-state index contributed by atoms with van der Waals surface area (Å²) in [5, 5.41) is 3.44. The first kappa shape index (κ1) is 31.4. The molecule has 10 aromatic rings. The summed E-state index contributed by atoms with van der Waals surface area (Å²) >= 11 is 1.88. The minimum atomic E-state index is -0.576. The van der Waals surface area contributed by atoms with Crippen LogP contribution in [0.15, 0.2) is 204 Å². The molecule has 0 saturated heterocycles. The van der Waals surface area contributed by atoms with Crippen LogP contribution in [-0.4, -0.2) is 14.5 Å². The molecule has 0 saturated carbocycles. The average molecular weight is 733 g/mol. The molecule has 5 heteroatoms. The topological polar surface area (TPSA) is 34.0 Å². The van der Waals surface area contributed by atoms with Gasteiger partial charge in [-0.25, -0.2) is 9.97 Å². The molecular formula is C51H32N4S. The van der Waals surface area contributed by atoms with Crippen molar-refractivity contribution in [1.82, 2.24) is 14.5 Å². The van der Waals surface area contributed by atoms with Crippen LogP contribution in [0.25, 0.3) is 49.9 Å². The van der Waals surface area contributed by atoms with Crippen molar-refractivity contribution in [3.8, 4) is 17.2 Å². The summed E-state index contributed by atoms with van der Waals surface area (Å²) in [6.07, 6.45) is 0. The number of hydrogen-bond donors (Lipinski definition) is 0. The largest absolute Gasteiger partial charge is 0.310 e. The van der Waals surface area contributed by atoms with Crippen molar-refractivity contribution in [2.24, 2.45) is 0 Å². The van der Waals surface area contributed by atoms with Gasteiger partial charge in [-0.05, 0) is 70.8 Å². The lowest BCUT2D eigenvalue weighted by atomic mass is 9.62. The summed E-state index contributed by atoms with van der Waals surface area (Å²) in [5.74, 6) is 0.663. The lowest BCUT2D eigenvalue weighted by Gasteiger charge is -2.49. The second-order valence-corrected chi connectivity index (χ2v) is 15.5. The second-order valence-electron chi connectivity index (χ2n) is 14.5. The van der Waals surface area contributed by atoms with Gasteiger partial charge in [0.05, 0.1) is 39.0 Å². The Kier molecular flexibility index (Phi) is 6.74. The Labute approximate surface area is 328 Å². The minimum absolute atomic E-state index is 0.576. The molecule has 4 nitrogen and oxygen atoms in total. The molecule has 262 valence electrons. The zero-order valence-corrected chi connectivity index (χ0v) is 31.0. The van der Waals surface area contributed by atoms with Crippen molar-refractivity contribution in [2.45, 2.75) is 15.2 Å². The molecular weight excluding hydrogens is 701 g/mol. The molecule has 0 unspecified atom stereocenters. The first-order valence-electron chi connectivity index (χ1n) is 19.0. The Morgan fingerprint density at radius 1 is 0.446 bits per heavy atom. The zero-order chi connectivity index (χ0) is 36.8. The van der Waals surface area contributed by atoms with E-state index in [-0.39, 0.29) is 0 Å². The van der Waals surface area contributed by atoms with Gasteiger partial charge in [0.15, 0.2) is 0 Å². The van der Waals surface area contributed by atoms with Gasteiger partial charge in [0.2, 0.25) is 5.95 Å². The third-order valence-corrected chi connectivity index (χ3v) is 12.9. The van der Waals surface area contributed by atoms with Gasteiger partial charge in [-0.15, -0.1) is 0 Å². The Hall–Kier alpha value is -6.95. The number of fused-ring (bicyclic) bond motifs is 13. The molecule has 2 aromatic heterocycles. The molecule has 0 aliphatic carbocycles. The molecule has 4 heterocycles.